The number of hydrogen-bond acceptors (Lipinski definition) is 4. The van der Waals surface area contributed by atoms with Gasteiger partial charge in [-0.2, -0.15) is 0 Å². The molecular weight excluding hydrogens is 360 g/mol. The van der Waals surface area contributed by atoms with Gasteiger partial charge in [0.15, 0.2) is 0 Å². The van der Waals surface area contributed by atoms with Crippen LogP contribution < -0.4 is 5.32 Å². The first-order valence-corrected chi connectivity index (χ1v) is 9.00. The molecule has 0 fully saturated rings. The molecule has 2 rings (SSSR count). The highest BCUT2D eigenvalue weighted by Gasteiger charge is 2.21. The van der Waals surface area contributed by atoms with E-state index in [1.54, 1.807) is 6.92 Å². The highest BCUT2D eigenvalue weighted by atomic mass is 35.7. The van der Waals surface area contributed by atoms with Gasteiger partial charge < -0.3 is 5.32 Å². The molecule has 1 N–H and O–H groups in total. The van der Waals surface area contributed by atoms with Crippen molar-refractivity contribution >= 4 is 54.3 Å². The van der Waals surface area contributed by atoms with E-state index in [0.717, 1.165) is 6.07 Å². The molecule has 0 saturated carbocycles. The fraction of sp³-hybridized carbons (Fsp3) is 0.0833. The summed E-state index contributed by atoms with van der Waals surface area (Å²) in [6.45, 7) is 1.56. The van der Waals surface area contributed by atoms with Gasteiger partial charge in [-0.1, -0.05) is 11.6 Å². The molecular formula is C12H8Cl2FNO3S2. The summed E-state index contributed by atoms with van der Waals surface area (Å²) in [5.74, 6) is -0.995. The van der Waals surface area contributed by atoms with E-state index in [9.17, 15) is 17.6 Å². The Kier molecular flexibility index (Phi) is 4.57. The molecule has 1 amide bonds. The van der Waals surface area contributed by atoms with Gasteiger partial charge in [0.05, 0.1) is 5.56 Å². The predicted octanol–water partition coefficient (Wildman–Crippen LogP) is 4.03. The Labute approximate surface area is 133 Å². The number of thiophene rings is 1. The summed E-state index contributed by atoms with van der Waals surface area (Å²) < 4.78 is 35.3. The molecule has 2 aromatic rings. The maximum atomic E-state index is 13.1. The molecule has 1 aromatic heterocycles. The van der Waals surface area contributed by atoms with Crippen molar-refractivity contribution < 1.29 is 17.6 Å². The summed E-state index contributed by atoms with van der Waals surface area (Å²) in [6, 6.07) is 5.16. The van der Waals surface area contributed by atoms with Crippen LogP contribution in [0.3, 0.4) is 0 Å². The minimum Gasteiger partial charge on any atom is -0.322 e. The number of aryl methyl sites for hydroxylation is 1. The smallest absolute Gasteiger partial charge is 0.270 e. The molecule has 0 aliphatic heterocycles. The van der Waals surface area contributed by atoms with Gasteiger partial charge in [0.2, 0.25) is 0 Å². The van der Waals surface area contributed by atoms with E-state index < -0.39 is 20.8 Å². The molecule has 1 aromatic carbocycles. The molecule has 0 bridgehead atoms. The quantitative estimate of drug-likeness (QED) is 0.832. The van der Waals surface area contributed by atoms with Gasteiger partial charge in [-0.25, -0.2) is 12.8 Å². The Morgan fingerprint density at radius 1 is 1.33 bits per heavy atom. The summed E-state index contributed by atoms with van der Waals surface area (Å²) in [4.78, 5) is 12.1. The number of halogens is 3. The maximum absolute atomic E-state index is 13.1. The summed E-state index contributed by atoms with van der Waals surface area (Å²) in [5, 5.41) is 2.51. The summed E-state index contributed by atoms with van der Waals surface area (Å²) in [7, 11) is 1.25. The van der Waals surface area contributed by atoms with Crippen molar-refractivity contribution in [2.45, 2.75) is 11.1 Å². The summed E-state index contributed by atoms with van der Waals surface area (Å²) in [5.41, 5.74) is 0.729. The minimum atomic E-state index is -3.95. The maximum Gasteiger partial charge on any atom is 0.270 e. The first-order valence-electron chi connectivity index (χ1n) is 5.50. The van der Waals surface area contributed by atoms with E-state index >= 15 is 0 Å². The molecule has 0 saturated heterocycles. The van der Waals surface area contributed by atoms with E-state index in [2.05, 4.69) is 5.32 Å². The molecule has 0 spiro atoms. The number of amides is 1. The van der Waals surface area contributed by atoms with Crippen molar-refractivity contribution in [3.8, 4) is 0 Å². The van der Waals surface area contributed by atoms with E-state index in [4.69, 9.17) is 22.3 Å². The van der Waals surface area contributed by atoms with Gasteiger partial charge in [0.1, 0.15) is 14.4 Å². The average molecular weight is 368 g/mol. The zero-order valence-electron chi connectivity index (χ0n) is 10.5. The molecule has 4 nitrogen and oxygen atoms in total. The second-order valence-corrected chi connectivity index (χ2v) is 8.56. The monoisotopic (exact) mass is 367 g/mol. The van der Waals surface area contributed by atoms with Crippen molar-refractivity contribution in [3.05, 3.63) is 45.5 Å². The number of benzene rings is 1. The highest BCUT2D eigenvalue weighted by molar-refractivity contribution is 8.15. The third kappa shape index (κ3) is 3.74. The van der Waals surface area contributed by atoms with Gasteiger partial charge in [-0.3, -0.25) is 4.79 Å². The van der Waals surface area contributed by atoms with Crippen LogP contribution in [0.25, 0.3) is 0 Å². The van der Waals surface area contributed by atoms with E-state index in [-0.39, 0.29) is 14.1 Å². The zero-order valence-corrected chi connectivity index (χ0v) is 13.6. The number of anilines is 1. The second kappa shape index (κ2) is 5.92. The molecule has 1 heterocycles. The fourth-order valence-corrected chi connectivity index (χ4v) is 4.01. The largest absolute Gasteiger partial charge is 0.322 e. The van der Waals surface area contributed by atoms with Crippen LogP contribution in [0.15, 0.2) is 28.5 Å². The lowest BCUT2D eigenvalue weighted by molar-refractivity contribution is 0.102. The predicted molar refractivity (Wildman–Crippen MR) is 81.5 cm³/mol. The van der Waals surface area contributed by atoms with Crippen molar-refractivity contribution in [2.24, 2.45) is 0 Å². The Morgan fingerprint density at radius 3 is 2.52 bits per heavy atom. The summed E-state index contributed by atoms with van der Waals surface area (Å²) in [6.07, 6.45) is 0. The third-order valence-corrected chi connectivity index (χ3v) is 6.00. The Bertz CT molecular complexity index is 818. The van der Waals surface area contributed by atoms with Crippen LogP contribution in [-0.2, 0) is 9.05 Å². The number of carbonyl (C=O) groups is 1. The van der Waals surface area contributed by atoms with Crippen LogP contribution in [0, 0.1) is 12.7 Å². The SMILES string of the molecule is Cc1cc(NC(=O)c2cc(S(=O)(=O)Cl)sc2Cl)ccc1F. The average Bonchev–Trinajstić information content (AvgIpc) is 2.76. The Hall–Kier alpha value is -1.15. The van der Waals surface area contributed by atoms with Gasteiger partial charge in [-0.15, -0.1) is 11.3 Å². The zero-order chi connectivity index (χ0) is 15.8. The lowest BCUT2D eigenvalue weighted by atomic mass is 10.2. The Morgan fingerprint density at radius 2 is 2.00 bits per heavy atom. The number of hydrogen-bond donors (Lipinski definition) is 1. The molecule has 0 atom stereocenters. The lowest BCUT2D eigenvalue weighted by Crippen LogP contribution is -2.11. The highest BCUT2D eigenvalue weighted by Crippen LogP contribution is 2.33. The minimum absolute atomic E-state index is 0.00515. The molecule has 0 aliphatic rings. The number of carbonyl (C=O) groups excluding carboxylic acids is 1. The van der Waals surface area contributed by atoms with Crippen molar-refractivity contribution in [1.29, 1.82) is 0 Å². The molecule has 21 heavy (non-hydrogen) atoms. The van der Waals surface area contributed by atoms with E-state index in [1.165, 1.54) is 18.2 Å². The molecule has 0 unspecified atom stereocenters. The van der Waals surface area contributed by atoms with E-state index in [1.807, 2.05) is 0 Å². The standard InChI is InChI=1S/C12H8Cl2FNO3S2/c1-6-4-7(2-3-9(6)15)16-12(17)8-5-10(20-11(8)13)21(14,18)19/h2-5H,1H3,(H,16,17). The second-order valence-electron chi connectivity index (χ2n) is 4.11. The van der Waals surface area contributed by atoms with Crippen LogP contribution in [-0.4, -0.2) is 14.3 Å². The normalized spacial score (nSPS) is 11.4. The topological polar surface area (TPSA) is 63.2 Å². The van der Waals surface area contributed by atoms with Crippen LogP contribution in [0.5, 0.6) is 0 Å². The van der Waals surface area contributed by atoms with Crippen molar-refractivity contribution in [3.63, 3.8) is 0 Å². The molecule has 112 valence electrons. The molecule has 0 aliphatic carbocycles. The van der Waals surface area contributed by atoms with Crippen LogP contribution in [0.4, 0.5) is 10.1 Å². The number of rotatable bonds is 3. The van der Waals surface area contributed by atoms with Crippen molar-refractivity contribution in [1.82, 2.24) is 0 Å². The van der Waals surface area contributed by atoms with Gasteiger partial charge in [0.25, 0.3) is 15.0 Å². The van der Waals surface area contributed by atoms with Crippen LogP contribution >= 0.6 is 33.6 Å². The van der Waals surface area contributed by atoms with E-state index in [0.29, 0.717) is 22.6 Å². The molecule has 9 heteroatoms. The van der Waals surface area contributed by atoms with Crippen LogP contribution in [0.1, 0.15) is 15.9 Å². The number of nitrogens with one attached hydrogen (secondary N) is 1. The van der Waals surface area contributed by atoms with Gasteiger partial charge >= 0.3 is 0 Å². The molecule has 0 radical (unpaired) electrons. The van der Waals surface area contributed by atoms with Crippen LogP contribution in [0.2, 0.25) is 4.34 Å². The van der Waals surface area contributed by atoms with Gasteiger partial charge in [-0.05, 0) is 36.8 Å². The Balaban J connectivity index is 2.28. The third-order valence-electron chi connectivity index (χ3n) is 2.56. The van der Waals surface area contributed by atoms with Gasteiger partial charge in [0, 0.05) is 16.4 Å². The first kappa shape index (κ1) is 16.2. The fourth-order valence-electron chi connectivity index (χ4n) is 1.54. The lowest BCUT2D eigenvalue weighted by Gasteiger charge is -2.05. The summed E-state index contributed by atoms with van der Waals surface area (Å²) >= 11 is 6.53. The first-order chi connectivity index (χ1) is 9.68. The van der Waals surface area contributed by atoms with Crippen molar-refractivity contribution in [2.75, 3.05) is 5.32 Å².